The van der Waals surface area contributed by atoms with E-state index in [0.717, 1.165) is 21.7 Å². The summed E-state index contributed by atoms with van der Waals surface area (Å²) in [4.78, 5) is 12.4. The zero-order valence-electron chi connectivity index (χ0n) is 15.7. The molecule has 0 aliphatic heterocycles. The van der Waals surface area contributed by atoms with Crippen LogP contribution in [0.2, 0.25) is 0 Å². The van der Waals surface area contributed by atoms with Gasteiger partial charge in [0, 0.05) is 0 Å². The lowest BCUT2D eigenvalue weighted by atomic mass is 9.90. The summed E-state index contributed by atoms with van der Waals surface area (Å²) in [5, 5.41) is 9.38. The molecule has 0 aromatic heterocycles. The van der Waals surface area contributed by atoms with Crippen molar-refractivity contribution in [3.05, 3.63) is 84.4 Å². The number of hydrogen-bond donors (Lipinski definition) is 0. The van der Waals surface area contributed by atoms with Crippen LogP contribution in [0.15, 0.2) is 78.9 Å². The molecule has 136 valence electrons. The van der Waals surface area contributed by atoms with Crippen molar-refractivity contribution < 1.29 is 9.53 Å². The summed E-state index contributed by atoms with van der Waals surface area (Å²) in [6.07, 6.45) is 0.276. The molecule has 5 rings (SSSR count). The van der Waals surface area contributed by atoms with Gasteiger partial charge < -0.3 is 4.74 Å². The first-order valence-electron chi connectivity index (χ1n) is 9.66. The molecule has 0 atom stereocenters. The summed E-state index contributed by atoms with van der Waals surface area (Å²) in [5.41, 5.74) is 1.04. The van der Waals surface area contributed by atoms with Crippen LogP contribution in [0.1, 0.15) is 12.5 Å². The van der Waals surface area contributed by atoms with Crippen molar-refractivity contribution in [3.63, 3.8) is 0 Å². The molecule has 0 saturated carbocycles. The van der Waals surface area contributed by atoms with E-state index < -0.39 is 0 Å². The van der Waals surface area contributed by atoms with Crippen LogP contribution in [-0.2, 0) is 16.0 Å². The third kappa shape index (κ3) is 2.69. The van der Waals surface area contributed by atoms with Crippen molar-refractivity contribution in [2.45, 2.75) is 13.3 Å². The largest absolute Gasteiger partial charge is 0.466 e. The van der Waals surface area contributed by atoms with Gasteiger partial charge in [0.05, 0.1) is 13.0 Å². The van der Waals surface area contributed by atoms with Crippen molar-refractivity contribution in [2.24, 2.45) is 0 Å². The van der Waals surface area contributed by atoms with Gasteiger partial charge in [-0.05, 0) is 73.8 Å². The minimum absolute atomic E-state index is 0.183. The Morgan fingerprint density at radius 2 is 1.36 bits per heavy atom. The lowest BCUT2D eigenvalue weighted by molar-refractivity contribution is -0.142. The average Bonchev–Trinajstić information content (AvgIpc) is 2.72. The van der Waals surface area contributed by atoms with Crippen molar-refractivity contribution in [2.75, 3.05) is 6.61 Å². The standard InChI is InChI=1S/C26H20O2/c1-2-28-26(27)16-25-22-12-11-17-7-5-6-10-21(17)24(22)15-20-13-18-8-3-4-9-19(18)14-23(20)25/h3-15H,2,16H2,1H3. The van der Waals surface area contributed by atoms with E-state index in [4.69, 9.17) is 4.74 Å². The maximum Gasteiger partial charge on any atom is 0.310 e. The van der Waals surface area contributed by atoms with Crippen molar-refractivity contribution in [3.8, 4) is 0 Å². The molecule has 0 unspecified atom stereocenters. The normalized spacial score (nSPS) is 11.5. The van der Waals surface area contributed by atoms with E-state index in [-0.39, 0.29) is 12.4 Å². The molecule has 5 aromatic rings. The maximum absolute atomic E-state index is 12.4. The molecule has 0 fully saturated rings. The van der Waals surface area contributed by atoms with Gasteiger partial charge in [-0.15, -0.1) is 0 Å². The molecule has 0 radical (unpaired) electrons. The SMILES string of the molecule is CCOC(=O)Cc1c2cc3ccccc3cc2cc2c1ccc1ccccc12. The van der Waals surface area contributed by atoms with Crippen molar-refractivity contribution >= 4 is 49.1 Å². The summed E-state index contributed by atoms with van der Waals surface area (Å²) in [6, 6.07) is 27.7. The van der Waals surface area contributed by atoms with Gasteiger partial charge in [0.15, 0.2) is 0 Å². The van der Waals surface area contributed by atoms with Crippen molar-refractivity contribution in [1.82, 2.24) is 0 Å². The number of carbonyl (C=O) groups excluding carboxylic acids is 1. The Labute approximate surface area is 163 Å². The predicted octanol–water partition coefficient (Wildman–Crippen LogP) is 6.41. The number of benzene rings is 5. The van der Waals surface area contributed by atoms with E-state index in [9.17, 15) is 4.79 Å². The van der Waals surface area contributed by atoms with Gasteiger partial charge in [-0.3, -0.25) is 4.79 Å². The second kappa shape index (κ2) is 6.65. The number of fused-ring (bicyclic) bond motifs is 5. The monoisotopic (exact) mass is 364 g/mol. The number of hydrogen-bond acceptors (Lipinski definition) is 2. The summed E-state index contributed by atoms with van der Waals surface area (Å²) < 4.78 is 5.28. The van der Waals surface area contributed by atoms with Gasteiger partial charge in [-0.1, -0.05) is 60.7 Å². The topological polar surface area (TPSA) is 26.3 Å². The van der Waals surface area contributed by atoms with E-state index in [1.165, 1.54) is 26.9 Å². The van der Waals surface area contributed by atoms with Crippen LogP contribution < -0.4 is 0 Å². The Morgan fingerprint density at radius 1 is 0.679 bits per heavy atom. The minimum Gasteiger partial charge on any atom is -0.466 e. The number of ether oxygens (including phenoxy) is 1. The molecule has 0 heterocycles. The molecule has 2 heteroatoms. The molecule has 0 spiro atoms. The Morgan fingerprint density at radius 3 is 2.14 bits per heavy atom. The first-order valence-corrected chi connectivity index (χ1v) is 9.66. The Bertz CT molecular complexity index is 1360. The zero-order valence-corrected chi connectivity index (χ0v) is 15.7. The van der Waals surface area contributed by atoms with E-state index in [1.54, 1.807) is 0 Å². The lowest BCUT2D eigenvalue weighted by Crippen LogP contribution is -2.08. The highest BCUT2D eigenvalue weighted by Gasteiger charge is 2.14. The van der Waals surface area contributed by atoms with Gasteiger partial charge >= 0.3 is 5.97 Å². The summed E-state index contributed by atoms with van der Waals surface area (Å²) >= 11 is 0. The molecule has 0 bridgehead atoms. The van der Waals surface area contributed by atoms with Crippen LogP contribution in [-0.4, -0.2) is 12.6 Å². The smallest absolute Gasteiger partial charge is 0.310 e. The number of rotatable bonds is 3. The van der Waals surface area contributed by atoms with Gasteiger partial charge in [0.1, 0.15) is 0 Å². The zero-order chi connectivity index (χ0) is 19.1. The second-order valence-electron chi connectivity index (χ2n) is 7.14. The first kappa shape index (κ1) is 16.8. The molecule has 0 aliphatic rings. The van der Waals surface area contributed by atoms with Crippen molar-refractivity contribution in [1.29, 1.82) is 0 Å². The van der Waals surface area contributed by atoms with Gasteiger partial charge in [0.2, 0.25) is 0 Å². The molecule has 2 nitrogen and oxygen atoms in total. The van der Waals surface area contributed by atoms with Crippen LogP contribution >= 0.6 is 0 Å². The highest BCUT2D eigenvalue weighted by atomic mass is 16.5. The Balaban J connectivity index is 1.91. The summed E-state index contributed by atoms with van der Waals surface area (Å²) in [6.45, 7) is 2.24. The molecular weight excluding hydrogens is 344 g/mol. The molecule has 28 heavy (non-hydrogen) atoms. The van der Waals surface area contributed by atoms with Gasteiger partial charge in [-0.2, -0.15) is 0 Å². The molecular formula is C26H20O2. The van der Waals surface area contributed by atoms with Gasteiger partial charge in [-0.25, -0.2) is 0 Å². The first-order chi connectivity index (χ1) is 13.7. The van der Waals surface area contributed by atoms with E-state index in [0.29, 0.717) is 6.61 Å². The highest BCUT2D eigenvalue weighted by Crippen LogP contribution is 2.35. The third-order valence-electron chi connectivity index (χ3n) is 5.47. The summed E-state index contributed by atoms with van der Waals surface area (Å²) in [7, 11) is 0. The highest BCUT2D eigenvalue weighted by molar-refractivity contribution is 6.16. The van der Waals surface area contributed by atoms with Crippen LogP contribution in [0.5, 0.6) is 0 Å². The average molecular weight is 364 g/mol. The summed E-state index contributed by atoms with van der Waals surface area (Å²) in [5.74, 6) is -0.183. The second-order valence-corrected chi connectivity index (χ2v) is 7.14. The van der Waals surface area contributed by atoms with Crippen LogP contribution in [0.4, 0.5) is 0 Å². The Kier molecular flexibility index (Phi) is 3.98. The predicted molar refractivity (Wildman–Crippen MR) is 117 cm³/mol. The van der Waals surface area contributed by atoms with Crippen LogP contribution in [0.3, 0.4) is 0 Å². The minimum atomic E-state index is -0.183. The fourth-order valence-corrected chi connectivity index (χ4v) is 4.20. The van der Waals surface area contributed by atoms with E-state index >= 15 is 0 Å². The third-order valence-corrected chi connectivity index (χ3v) is 5.47. The maximum atomic E-state index is 12.4. The van der Waals surface area contributed by atoms with E-state index in [2.05, 4.69) is 72.8 Å². The van der Waals surface area contributed by atoms with Crippen LogP contribution in [0, 0.1) is 0 Å². The lowest BCUT2D eigenvalue weighted by Gasteiger charge is -2.14. The fraction of sp³-hybridized carbons (Fsp3) is 0.115. The quantitative estimate of drug-likeness (QED) is 0.210. The van der Waals surface area contributed by atoms with E-state index in [1.807, 2.05) is 13.0 Å². The number of carbonyl (C=O) groups is 1. The van der Waals surface area contributed by atoms with Crippen LogP contribution in [0.25, 0.3) is 43.1 Å². The Hall–Kier alpha value is -3.39. The number of esters is 1. The molecule has 0 saturated heterocycles. The molecule has 5 aromatic carbocycles. The molecule has 0 N–H and O–H groups in total. The molecule has 0 amide bonds. The van der Waals surface area contributed by atoms with Gasteiger partial charge in [0.25, 0.3) is 0 Å². The molecule has 0 aliphatic carbocycles. The fourth-order valence-electron chi connectivity index (χ4n) is 4.20.